The maximum atomic E-state index is 13.4. The van der Waals surface area contributed by atoms with Gasteiger partial charge in [0.15, 0.2) is 18.1 Å². The van der Waals surface area contributed by atoms with Gasteiger partial charge in [-0.15, -0.1) is 10.1 Å². The Labute approximate surface area is 316 Å². The largest absolute Gasteiger partial charge is 0.519 e. The number of aromatic nitrogens is 4. The van der Waals surface area contributed by atoms with E-state index >= 15 is 0 Å². The zero-order chi connectivity index (χ0) is 38.6. The Morgan fingerprint density at radius 2 is 1.67 bits per heavy atom. The van der Waals surface area contributed by atoms with Gasteiger partial charge >= 0.3 is 11.8 Å². The highest BCUT2D eigenvalue weighted by Gasteiger charge is 2.20. The summed E-state index contributed by atoms with van der Waals surface area (Å²) in [7, 11) is 2.05. The van der Waals surface area contributed by atoms with Gasteiger partial charge in [0.1, 0.15) is 17.8 Å². The van der Waals surface area contributed by atoms with Gasteiger partial charge in [0.2, 0.25) is 0 Å². The van der Waals surface area contributed by atoms with Crippen molar-refractivity contribution >= 4 is 28.0 Å². The van der Waals surface area contributed by atoms with E-state index in [1.165, 1.54) is 0 Å². The summed E-state index contributed by atoms with van der Waals surface area (Å²) in [6, 6.07) is 27.8. The predicted octanol–water partition coefficient (Wildman–Crippen LogP) is 8.39. The van der Waals surface area contributed by atoms with Crippen LogP contribution in [0.5, 0.6) is 0 Å². The number of benzene rings is 4. The van der Waals surface area contributed by atoms with Crippen molar-refractivity contribution in [1.29, 1.82) is 0 Å². The Hall–Kier alpha value is -6.50. The summed E-state index contributed by atoms with van der Waals surface area (Å²) >= 11 is 0. The summed E-state index contributed by atoms with van der Waals surface area (Å²) < 4.78 is 20.3. The minimum atomic E-state index is -0.918. The van der Waals surface area contributed by atoms with Crippen LogP contribution in [0.1, 0.15) is 71.9 Å². The van der Waals surface area contributed by atoms with Crippen LogP contribution >= 0.6 is 0 Å². The van der Waals surface area contributed by atoms with E-state index in [9.17, 15) is 19.7 Å². The van der Waals surface area contributed by atoms with Crippen LogP contribution in [0.4, 0.5) is 0 Å². The van der Waals surface area contributed by atoms with Gasteiger partial charge in [0, 0.05) is 32.0 Å². The number of carbonyl (C=O) groups is 1. The van der Waals surface area contributed by atoms with E-state index in [1.807, 2.05) is 49.5 Å². The number of ether oxygens (including phenoxy) is 1. The Balaban J connectivity index is 1.09. The van der Waals surface area contributed by atoms with Crippen LogP contribution in [0.15, 0.2) is 98.6 Å². The lowest BCUT2D eigenvalue weighted by Gasteiger charge is -2.13. The molecule has 282 valence electrons. The minimum Gasteiger partial charge on any atom is -0.454 e. The topological polar surface area (TPSA) is 158 Å². The van der Waals surface area contributed by atoms with Gasteiger partial charge < -0.3 is 27.5 Å². The Morgan fingerprint density at radius 1 is 0.927 bits per heavy atom. The summed E-state index contributed by atoms with van der Waals surface area (Å²) in [5, 5.41) is 9.72. The van der Waals surface area contributed by atoms with Crippen molar-refractivity contribution in [2.24, 2.45) is 7.05 Å². The van der Waals surface area contributed by atoms with E-state index in [1.54, 1.807) is 19.1 Å². The number of nitrogens with zero attached hydrogens (tertiary/aromatic N) is 5. The minimum absolute atomic E-state index is 0.0909. The van der Waals surface area contributed by atoms with Crippen LogP contribution in [0.3, 0.4) is 0 Å². The van der Waals surface area contributed by atoms with E-state index < -0.39 is 23.0 Å². The lowest BCUT2D eigenvalue weighted by atomic mass is 9.98. The molecule has 13 nitrogen and oxygen atoms in total. The van der Waals surface area contributed by atoms with E-state index in [-0.39, 0.29) is 24.5 Å². The first-order valence-electron chi connectivity index (χ1n) is 18.3. The Morgan fingerprint density at radius 3 is 2.44 bits per heavy atom. The van der Waals surface area contributed by atoms with Crippen LogP contribution in [-0.2, 0) is 42.6 Å². The molecule has 0 spiro atoms. The number of fused-ring (bicyclic) bond motifs is 2. The number of aryl methyl sites for hydroxylation is 4. The standard InChI is InChI=1S/C42H41N5O8/c1-5-11-38-44-39-26(2)22-30(40-43-33-15-8-9-16-34(33)45(40)4)23-35(39)46(38)24-28-18-20-29(21-19-28)31-13-6-7-14-32(31)41(48)52-25-37-36(53-42(49)54-37)17-10-12-27(3)55-47(50)51/h6-9,13-16,18-23,27H,5,10-12,17,24-25H2,1-4H3/t27-/m1/s1. The third-order valence-corrected chi connectivity index (χ3v) is 9.73. The molecule has 0 saturated heterocycles. The third kappa shape index (κ3) is 7.91. The van der Waals surface area contributed by atoms with Gasteiger partial charge in [-0.05, 0) is 85.7 Å². The SMILES string of the molecule is CCCc1nc2c(C)cc(-c3nc4ccccc4n3C)cc2n1Cc1ccc(-c2ccccc2C(=O)OCc2oc(=O)oc2CCC[C@@H](C)O[N+](=O)[O-])cc1. The lowest BCUT2D eigenvalue weighted by Crippen LogP contribution is -2.13. The molecule has 0 fully saturated rings. The van der Waals surface area contributed by atoms with Crippen molar-refractivity contribution in [3.8, 4) is 22.5 Å². The van der Waals surface area contributed by atoms with Gasteiger partial charge in [-0.2, -0.15) is 0 Å². The quantitative estimate of drug-likeness (QED) is 0.0567. The van der Waals surface area contributed by atoms with Gasteiger partial charge in [-0.3, -0.25) is 0 Å². The van der Waals surface area contributed by atoms with E-state index in [4.69, 9.17) is 23.5 Å². The Kier molecular flexibility index (Phi) is 10.6. The molecule has 0 aliphatic rings. The second-order valence-corrected chi connectivity index (χ2v) is 13.7. The predicted molar refractivity (Wildman–Crippen MR) is 206 cm³/mol. The molecule has 0 unspecified atom stereocenters. The van der Waals surface area contributed by atoms with E-state index in [0.29, 0.717) is 30.5 Å². The maximum absolute atomic E-state index is 13.4. The molecule has 0 N–H and O–H groups in total. The molecule has 4 aromatic carbocycles. The molecule has 7 rings (SSSR count). The van der Waals surface area contributed by atoms with Gasteiger partial charge in [-0.25, -0.2) is 19.6 Å². The summed E-state index contributed by atoms with van der Waals surface area (Å²) in [5.41, 5.74) is 9.15. The summed E-state index contributed by atoms with van der Waals surface area (Å²) in [6.45, 7) is 6.13. The number of esters is 1. The molecule has 13 heteroatoms. The zero-order valence-electron chi connectivity index (χ0n) is 31.1. The van der Waals surface area contributed by atoms with Crippen molar-refractivity contribution in [3.05, 3.63) is 140 Å². The molecule has 7 aromatic rings. The first-order valence-corrected chi connectivity index (χ1v) is 18.3. The van der Waals surface area contributed by atoms with Gasteiger partial charge in [0.25, 0.3) is 5.09 Å². The van der Waals surface area contributed by atoms with Crippen molar-refractivity contribution in [2.75, 3.05) is 0 Å². The van der Waals surface area contributed by atoms with Crippen LogP contribution in [0, 0.1) is 17.0 Å². The molecule has 0 amide bonds. The van der Waals surface area contributed by atoms with Crippen molar-refractivity contribution in [1.82, 2.24) is 19.1 Å². The highest BCUT2D eigenvalue weighted by molar-refractivity contribution is 5.97. The summed E-state index contributed by atoms with van der Waals surface area (Å²) in [6.07, 6.45) is 2.21. The molecule has 0 aliphatic carbocycles. The number of rotatable bonds is 15. The smallest absolute Gasteiger partial charge is 0.454 e. The number of imidazole rings is 2. The first kappa shape index (κ1) is 36.8. The van der Waals surface area contributed by atoms with Crippen LogP contribution < -0.4 is 5.82 Å². The van der Waals surface area contributed by atoms with Gasteiger partial charge in [-0.1, -0.05) is 61.5 Å². The average Bonchev–Trinajstić information content (AvgIpc) is 3.83. The monoisotopic (exact) mass is 743 g/mol. The molecule has 1 atom stereocenters. The maximum Gasteiger partial charge on any atom is 0.519 e. The van der Waals surface area contributed by atoms with E-state index in [2.05, 4.69) is 58.2 Å². The van der Waals surface area contributed by atoms with E-state index in [0.717, 1.165) is 68.8 Å². The molecule has 0 radical (unpaired) electrons. The molecular weight excluding hydrogens is 702 g/mol. The number of para-hydroxylation sites is 2. The molecule has 0 bridgehead atoms. The van der Waals surface area contributed by atoms with Crippen molar-refractivity contribution < 1.29 is 28.3 Å². The van der Waals surface area contributed by atoms with Crippen LogP contribution in [-0.4, -0.2) is 36.3 Å². The molecule has 0 aliphatic heterocycles. The average molecular weight is 744 g/mol. The second kappa shape index (κ2) is 15.8. The fourth-order valence-electron chi connectivity index (χ4n) is 7.04. The Bertz CT molecular complexity index is 2560. The highest BCUT2D eigenvalue weighted by Crippen LogP contribution is 2.31. The molecule has 3 aromatic heterocycles. The lowest BCUT2D eigenvalue weighted by molar-refractivity contribution is -0.767. The fraction of sp³-hybridized carbons (Fsp3) is 0.286. The van der Waals surface area contributed by atoms with Crippen LogP contribution in [0.25, 0.3) is 44.6 Å². The van der Waals surface area contributed by atoms with Crippen LogP contribution in [0.2, 0.25) is 0 Å². The normalized spacial score (nSPS) is 12.0. The molecule has 3 heterocycles. The number of carbonyl (C=O) groups excluding carboxylic acids is 1. The third-order valence-electron chi connectivity index (χ3n) is 9.73. The van der Waals surface area contributed by atoms with Crippen molar-refractivity contribution in [2.45, 2.75) is 72.1 Å². The van der Waals surface area contributed by atoms with Gasteiger partial charge in [0.05, 0.1) is 27.6 Å². The molecular formula is C42H41N5O8. The summed E-state index contributed by atoms with van der Waals surface area (Å²) in [4.78, 5) is 50.4. The molecule has 0 saturated carbocycles. The molecule has 55 heavy (non-hydrogen) atoms. The first-order chi connectivity index (χ1) is 26.6. The fourth-order valence-corrected chi connectivity index (χ4v) is 7.04. The highest BCUT2D eigenvalue weighted by atomic mass is 17.0. The number of hydrogen-bond donors (Lipinski definition) is 0. The summed E-state index contributed by atoms with van der Waals surface area (Å²) in [5.74, 6) is 0.727. The zero-order valence-corrected chi connectivity index (χ0v) is 31.1. The second-order valence-electron chi connectivity index (χ2n) is 13.7. The number of hydrogen-bond acceptors (Lipinski definition) is 10. The van der Waals surface area contributed by atoms with Crippen molar-refractivity contribution in [3.63, 3.8) is 0 Å².